The number of methoxy groups -OCH3 is 1. The van der Waals surface area contributed by atoms with Gasteiger partial charge < -0.3 is 30.2 Å². The number of fused-ring (bicyclic) bond motifs is 1. The molecule has 10 nitrogen and oxygen atoms in total. The largest absolute Gasteiger partial charge is 0.494 e. The number of H-pyrrole nitrogens is 1. The molecule has 0 bridgehead atoms. The van der Waals surface area contributed by atoms with Crippen molar-refractivity contribution in [3.8, 4) is 22.8 Å². The van der Waals surface area contributed by atoms with Crippen molar-refractivity contribution in [2.75, 3.05) is 20.3 Å². The molecule has 2 aromatic heterocycles. The molecular weight excluding hydrogens is 493 g/mol. The van der Waals surface area contributed by atoms with Crippen LogP contribution in [0, 0.1) is 18.7 Å². The number of carbonyl (C=O) groups is 2. The van der Waals surface area contributed by atoms with Crippen LogP contribution in [0.5, 0.6) is 11.5 Å². The van der Waals surface area contributed by atoms with Crippen molar-refractivity contribution in [1.29, 1.82) is 0 Å². The van der Waals surface area contributed by atoms with Crippen LogP contribution >= 0.6 is 0 Å². The van der Waals surface area contributed by atoms with Crippen molar-refractivity contribution in [1.82, 2.24) is 25.6 Å². The van der Waals surface area contributed by atoms with E-state index in [4.69, 9.17) is 14.6 Å². The second kappa shape index (κ2) is 10.9. The van der Waals surface area contributed by atoms with E-state index >= 15 is 0 Å². The average molecular weight is 526 g/mol. The van der Waals surface area contributed by atoms with Crippen molar-refractivity contribution < 1.29 is 28.6 Å². The average Bonchev–Trinajstić information content (AvgIpc) is 3.68. The normalized spacial score (nSPS) is 19.3. The van der Waals surface area contributed by atoms with Gasteiger partial charge in [0.1, 0.15) is 29.9 Å². The van der Waals surface area contributed by atoms with E-state index in [9.17, 15) is 14.0 Å². The highest BCUT2D eigenvalue weighted by Crippen LogP contribution is 2.39. The number of ether oxygens (including phenoxy) is 2. The summed E-state index contributed by atoms with van der Waals surface area (Å²) in [5.41, 5.74) is 2.88. The number of aromatic nitrogens is 3. The molecule has 0 aliphatic heterocycles. The van der Waals surface area contributed by atoms with Gasteiger partial charge in [-0.15, -0.1) is 0 Å². The van der Waals surface area contributed by atoms with Crippen molar-refractivity contribution in [2.24, 2.45) is 5.92 Å². The minimum Gasteiger partial charge on any atom is -0.494 e. The van der Waals surface area contributed by atoms with Crippen LogP contribution in [-0.4, -0.2) is 64.3 Å². The number of aromatic amines is 1. The fraction of sp³-hybridized carbons (Fsp3) is 0.481. The lowest BCUT2D eigenvalue weighted by Crippen LogP contribution is -2.44. The van der Waals surface area contributed by atoms with Crippen molar-refractivity contribution in [3.05, 3.63) is 35.5 Å². The molecule has 2 heterocycles. The van der Waals surface area contributed by atoms with Gasteiger partial charge in [-0.2, -0.15) is 0 Å². The van der Waals surface area contributed by atoms with Crippen LogP contribution in [0.15, 0.2) is 18.5 Å². The van der Waals surface area contributed by atoms with E-state index in [0.717, 1.165) is 12.8 Å². The van der Waals surface area contributed by atoms with E-state index in [-0.39, 0.29) is 29.6 Å². The summed E-state index contributed by atoms with van der Waals surface area (Å²) in [7, 11) is 1.41. The van der Waals surface area contributed by atoms with Gasteiger partial charge in [0.25, 0.3) is 5.91 Å². The standard InChI is InChI=1S/C27H32FN5O5/c1-14-23(27(36)33-17-7-5-16(6-8-17)32-22(35)11-34)25-26(31-14)24(29-13-30-25)18-9-19(28)21(37-2)10-20(18)38-12-15-3-4-15/h9-10,13,15-17,31,34H,3-8,11-12H2,1-2H3,(H,32,35)(H,33,36)/t16-,17+. The number of hydrogen-bond acceptors (Lipinski definition) is 7. The zero-order chi connectivity index (χ0) is 26.8. The molecular formula is C27H32FN5O5. The lowest BCUT2D eigenvalue weighted by molar-refractivity contribution is -0.124. The molecule has 0 spiro atoms. The number of nitrogens with one attached hydrogen (secondary N) is 3. The third-order valence-corrected chi connectivity index (χ3v) is 7.25. The Kier molecular flexibility index (Phi) is 7.46. The van der Waals surface area contributed by atoms with Crippen LogP contribution in [0.25, 0.3) is 22.3 Å². The number of amides is 2. The first kappa shape index (κ1) is 25.9. The maximum absolute atomic E-state index is 14.8. The first-order valence-electron chi connectivity index (χ1n) is 12.9. The van der Waals surface area contributed by atoms with Crippen LogP contribution in [0.1, 0.15) is 54.6 Å². The predicted octanol–water partition coefficient (Wildman–Crippen LogP) is 3.02. The first-order chi connectivity index (χ1) is 18.4. The summed E-state index contributed by atoms with van der Waals surface area (Å²) in [6, 6.07) is 2.82. The van der Waals surface area contributed by atoms with E-state index in [1.165, 1.54) is 25.6 Å². The second-order valence-electron chi connectivity index (χ2n) is 10.1. The van der Waals surface area contributed by atoms with Gasteiger partial charge in [0.2, 0.25) is 5.91 Å². The van der Waals surface area contributed by atoms with Crippen molar-refractivity contribution in [3.63, 3.8) is 0 Å². The van der Waals surface area contributed by atoms with Crippen molar-refractivity contribution in [2.45, 2.75) is 57.5 Å². The summed E-state index contributed by atoms with van der Waals surface area (Å²) >= 11 is 0. The molecule has 0 radical (unpaired) electrons. The fourth-order valence-electron chi connectivity index (χ4n) is 5.00. The van der Waals surface area contributed by atoms with E-state index in [1.54, 1.807) is 6.92 Å². The van der Waals surface area contributed by atoms with Gasteiger partial charge in [0.15, 0.2) is 11.6 Å². The van der Waals surface area contributed by atoms with Crippen LogP contribution in [0.2, 0.25) is 0 Å². The van der Waals surface area contributed by atoms with Crippen LogP contribution in [-0.2, 0) is 4.79 Å². The molecule has 2 amide bonds. The van der Waals surface area contributed by atoms with Gasteiger partial charge in [-0.1, -0.05) is 0 Å². The number of aryl methyl sites for hydroxylation is 1. The molecule has 1 aromatic carbocycles. The molecule has 3 aromatic rings. The first-order valence-corrected chi connectivity index (χ1v) is 12.9. The Morgan fingerprint density at radius 3 is 2.45 bits per heavy atom. The molecule has 38 heavy (non-hydrogen) atoms. The van der Waals surface area contributed by atoms with Crippen LogP contribution in [0.4, 0.5) is 4.39 Å². The third kappa shape index (κ3) is 5.42. The van der Waals surface area contributed by atoms with Crippen LogP contribution in [0.3, 0.4) is 0 Å². The monoisotopic (exact) mass is 525 g/mol. The zero-order valence-electron chi connectivity index (χ0n) is 21.5. The van der Waals surface area contributed by atoms with E-state index in [2.05, 4.69) is 25.6 Å². The molecule has 0 saturated heterocycles. The Morgan fingerprint density at radius 1 is 1.08 bits per heavy atom. The van der Waals surface area contributed by atoms with Gasteiger partial charge in [-0.25, -0.2) is 14.4 Å². The van der Waals surface area contributed by atoms with Gasteiger partial charge in [0, 0.05) is 29.4 Å². The molecule has 5 rings (SSSR count). The van der Waals surface area contributed by atoms with Gasteiger partial charge in [-0.3, -0.25) is 9.59 Å². The third-order valence-electron chi connectivity index (χ3n) is 7.25. The number of benzene rings is 1. The number of halogens is 1. The lowest BCUT2D eigenvalue weighted by Gasteiger charge is -2.29. The van der Waals surface area contributed by atoms with Gasteiger partial charge in [0.05, 0.1) is 24.8 Å². The summed E-state index contributed by atoms with van der Waals surface area (Å²) in [5, 5.41) is 14.8. The molecule has 2 aliphatic rings. The Balaban J connectivity index is 1.40. The Hall–Kier alpha value is -3.73. The molecule has 2 aliphatic carbocycles. The lowest BCUT2D eigenvalue weighted by atomic mass is 9.91. The fourth-order valence-corrected chi connectivity index (χ4v) is 5.00. The molecule has 4 N–H and O–H groups in total. The predicted molar refractivity (Wildman–Crippen MR) is 138 cm³/mol. The highest BCUT2D eigenvalue weighted by atomic mass is 19.1. The number of nitrogens with zero attached hydrogens (tertiary/aromatic N) is 2. The quantitative estimate of drug-likeness (QED) is 0.337. The topological polar surface area (TPSA) is 138 Å². The number of carbonyl (C=O) groups excluding carboxylic acids is 2. The SMILES string of the molecule is COc1cc(OCC2CC2)c(-c2ncnc3c(C(=O)N[C@H]4CC[C@@H](NC(=O)CO)CC4)c(C)[nH]c23)cc1F. The summed E-state index contributed by atoms with van der Waals surface area (Å²) in [5.74, 6) is -0.155. The van der Waals surface area contributed by atoms with Gasteiger partial charge >= 0.3 is 0 Å². The van der Waals surface area contributed by atoms with E-state index in [0.29, 0.717) is 77.5 Å². The van der Waals surface area contributed by atoms with Gasteiger partial charge in [-0.05, 0) is 57.4 Å². The summed E-state index contributed by atoms with van der Waals surface area (Å²) in [4.78, 5) is 36.9. The summed E-state index contributed by atoms with van der Waals surface area (Å²) < 4.78 is 26.0. The molecule has 202 valence electrons. The number of aliphatic hydroxyl groups is 1. The maximum atomic E-state index is 14.8. The Morgan fingerprint density at radius 2 is 1.79 bits per heavy atom. The molecule has 2 fully saturated rings. The molecule has 2 saturated carbocycles. The molecule has 11 heteroatoms. The molecule has 0 unspecified atom stereocenters. The van der Waals surface area contributed by atoms with Crippen molar-refractivity contribution >= 4 is 22.8 Å². The smallest absolute Gasteiger partial charge is 0.255 e. The van der Waals surface area contributed by atoms with E-state index in [1.807, 2.05) is 0 Å². The van der Waals surface area contributed by atoms with E-state index < -0.39 is 12.4 Å². The highest BCUT2D eigenvalue weighted by molar-refractivity contribution is 6.09. The van der Waals surface area contributed by atoms with Crippen LogP contribution < -0.4 is 20.1 Å². The number of rotatable bonds is 9. The minimum absolute atomic E-state index is 0.00542. The number of hydrogen-bond donors (Lipinski definition) is 4. The zero-order valence-corrected chi connectivity index (χ0v) is 21.5. The Labute approximate surface area is 219 Å². The highest BCUT2D eigenvalue weighted by Gasteiger charge is 2.28. The maximum Gasteiger partial charge on any atom is 0.255 e. The number of aliphatic hydroxyl groups excluding tert-OH is 1. The second-order valence-corrected chi connectivity index (χ2v) is 10.1. The summed E-state index contributed by atoms with van der Waals surface area (Å²) in [6.07, 6.45) is 6.42. The minimum atomic E-state index is -0.542. The Bertz CT molecular complexity index is 1350. The molecule has 0 atom stereocenters. The summed E-state index contributed by atoms with van der Waals surface area (Å²) in [6.45, 7) is 1.79.